The van der Waals surface area contributed by atoms with E-state index < -0.39 is 0 Å². The first-order valence-corrected chi connectivity index (χ1v) is 10.9. The molecule has 2 N–H and O–H groups in total. The standard InChI is InChI=1S/C25H20ClN7O/c1-15-5-8-20(13-21(15)26)30-24(34)17-6-9-19(10-7-17)29-22-12-16(2)28-25-31-23(32-33(22)25)18-4-3-11-27-14-18/h3-14,29H,1-2H3,(H,30,34). The van der Waals surface area contributed by atoms with Gasteiger partial charge in [-0.2, -0.15) is 9.50 Å². The van der Waals surface area contributed by atoms with E-state index in [1.165, 1.54) is 0 Å². The van der Waals surface area contributed by atoms with Crippen molar-refractivity contribution >= 4 is 40.5 Å². The Morgan fingerprint density at radius 3 is 2.50 bits per heavy atom. The number of fused-ring (bicyclic) bond motifs is 1. The molecule has 0 spiro atoms. The number of anilines is 3. The number of aromatic nitrogens is 5. The van der Waals surface area contributed by atoms with E-state index in [4.69, 9.17) is 11.6 Å². The molecule has 0 saturated carbocycles. The second-order valence-electron chi connectivity index (χ2n) is 7.79. The number of rotatable bonds is 5. The van der Waals surface area contributed by atoms with Gasteiger partial charge in [-0.1, -0.05) is 17.7 Å². The highest BCUT2D eigenvalue weighted by atomic mass is 35.5. The van der Waals surface area contributed by atoms with Gasteiger partial charge in [-0.3, -0.25) is 9.78 Å². The molecule has 34 heavy (non-hydrogen) atoms. The van der Waals surface area contributed by atoms with E-state index in [1.54, 1.807) is 35.1 Å². The molecule has 0 aliphatic rings. The minimum atomic E-state index is -0.217. The number of halogens is 1. The first-order valence-electron chi connectivity index (χ1n) is 10.6. The van der Waals surface area contributed by atoms with Gasteiger partial charge in [-0.05, 0) is 67.9 Å². The van der Waals surface area contributed by atoms with Crippen molar-refractivity contribution in [3.8, 4) is 11.4 Å². The lowest BCUT2D eigenvalue weighted by Crippen LogP contribution is -2.12. The molecule has 3 heterocycles. The van der Waals surface area contributed by atoms with Crippen molar-refractivity contribution in [3.63, 3.8) is 0 Å². The molecule has 0 atom stereocenters. The van der Waals surface area contributed by atoms with E-state index in [-0.39, 0.29) is 5.91 Å². The van der Waals surface area contributed by atoms with Crippen molar-refractivity contribution in [1.82, 2.24) is 24.6 Å². The minimum absolute atomic E-state index is 0.217. The summed E-state index contributed by atoms with van der Waals surface area (Å²) in [5, 5.41) is 11.4. The van der Waals surface area contributed by atoms with Crippen LogP contribution in [-0.2, 0) is 0 Å². The van der Waals surface area contributed by atoms with Gasteiger partial charge in [0.05, 0.1) is 0 Å². The highest BCUT2D eigenvalue weighted by Gasteiger charge is 2.13. The fourth-order valence-corrected chi connectivity index (χ4v) is 3.60. The highest BCUT2D eigenvalue weighted by Crippen LogP contribution is 2.23. The lowest BCUT2D eigenvalue weighted by Gasteiger charge is -2.10. The molecule has 0 bridgehead atoms. The molecule has 5 rings (SSSR count). The van der Waals surface area contributed by atoms with E-state index in [0.29, 0.717) is 33.7 Å². The number of amides is 1. The van der Waals surface area contributed by atoms with Gasteiger partial charge in [-0.25, -0.2) is 4.98 Å². The van der Waals surface area contributed by atoms with Crippen LogP contribution in [0.1, 0.15) is 21.6 Å². The Balaban J connectivity index is 1.37. The number of hydrogen-bond acceptors (Lipinski definition) is 6. The maximum Gasteiger partial charge on any atom is 0.255 e. The van der Waals surface area contributed by atoms with Crippen molar-refractivity contribution in [3.05, 3.63) is 94.9 Å². The van der Waals surface area contributed by atoms with E-state index in [2.05, 4.69) is 30.7 Å². The van der Waals surface area contributed by atoms with Gasteiger partial charge >= 0.3 is 0 Å². The van der Waals surface area contributed by atoms with Crippen LogP contribution in [0.4, 0.5) is 17.2 Å². The van der Waals surface area contributed by atoms with Crippen LogP contribution in [0.15, 0.2) is 73.1 Å². The first kappa shape index (κ1) is 21.5. The van der Waals surface area contributed by atoms with Crippen molar-refractivity contribution < 1.29 is 4.79 Å². The minimum Gasteiger partial charge on any atom is -0.340 e. The number of nitrogens with zero attached hydrogens (tertiary/aromatic N) is 5. The molecule has 0 saturated heterocycles. The van der Waals surface area contributed by atoms with Gasteiger partial charge in [0.1, 0.15) is 5.82 Å². The Bertz CT molecular complexity index is 1500. The van der Waals surface area contributed by atoms with Crippen LogP contribution in [0.2, 0.25) is 5.02 Å². The van der Waals surface area contributed by atoms with Crippen molar-refractivity contribution in [1.29, 1.82) is 0 Å². The molecule has 0 radical (unpaired) electrons. The Morgan fingerprint density at radius 1 is 0.971 bits per heavy atom. The summed E-state index contributed by atoms with van der Waals surface area (Å²) in [6.07, 6.45) is 3.41. The highest BCUT2D eigenvalue weighted by molar-refractivity contribution is 6.31. The number of carbonyl (C=O) groups is 1. The molecular weight excluding hydrogens is 450 g/mol. The third-order valence-electron chi connectivity index (χ3n) is 5.21. The number of carbonyl (C=O) groups excluding carboxylic acids is 1. The second kappa shape index (κ2) is 8.92. The predicted molar refractivity (Wildman–Crippen MR) is 133 cm³/mol. The van der Waals surface area contributed by atoms with Gasteiger partial charge in [-0.15, -0.1) is 5.10 Å². The number of hydrogen-bond donors (Lipinski definition) is 2. The lowest BCUT2D eigenvalue weighted by molar-refractivity contribution is 0.102. The summed E-state index contributed by atoms with van der Waals surface area (Å²) in [6.45, 7) is 3.81. The quantitative estimate of drug-likeness (QED) is 0.355. The molecule has 2 aromatic carbocycles. The van der Waals surface area contributed by atoms with Crippen LogP contribution in [0.3, 0.4) is 0 Å². The molecule has 1 amide bonds. The fourth-order valence-electron chi connectivity index (χ4n) is 3.42. The number of benzene rings is 2. The van der Waals surface area contributed by atoms with Gasteiger partial charge in [0.2, 0.25) is 0 Å². The van der Waals surface area contributed by atoms with E-state index in [0.717, 1.165) is 22.5 Å². The van der Waals surface area contributed by atoms with Crippen LogP contribution in [-0.4, -0.2) is 30.5 Å². The van der Waals surface area contributed by atoms with Crippen LogP contribution < -0.4 is 10.6 Å². The van der Waals surface area contributed by atoms with Gasteiger partial charge in [0.15, 0.2) is 5.82 Å². The molecule has 8 nitrogen and oxygen atoms in total. The summed E-state index contributed by atoms with van der Waals surface area (Å²) in [5.41, 5.74) is 4.52. The number of nitrogens with one attached hydrogen (secondary N) is 2. The molecule has 0 aliphatic carbocycles. The van der Waals surface area contributed by atoms with Gasteiger partial charge in [0, 0.05) is 51.7 Å². The molecule has 9 heteroatoms. The van der Waals surface area contributed by atoms with E-state index in [1.807, 2.05) is 56.3 Å². The average Bonchev–Trinajstić information content (AvgIpc) is 3.27. The Hall–Kier alpha value is -4.30. The Labute approximate surface area is 200 Å². The molecule has 0 aliphatic heterocycles. The first-order chi connectivity index (χ1) is 16.5. The summed E-state index contributed by atoms with van der Waals surface area (Å²) in [4.78, 5) is 25.8. The average molecular weight is 470 g/mol. The number of aryl methyl sites for hydroxylation is 2. The van der Waals surface area contributed by atoms with Crippen LogP contribution >= 0.6 is 11.6 Å². The summed E-state index contributed by atoms with van der Waals surface area (Å²) in [7, 11) is 0. The van der Waals surface area contributed by atoms with E-state index in [9.17, 15) is 4.79 Å². The molecule has 168 valence electrons. The fraction of sp³-hybridized carbons (Fsp3) is 0.0800. The molecule has 3 aromatic heterocycles. The van der Waals surface area contributed by atoms with Crippen molar-refractivity contribution in [2.75, 3.05) is 10.6 Å². The SMILES string of the molecule is Cc1cc(Nc2ccc(C(=O)Nc3ccc(C)c(Cl)c3)cc2)n2nc(-c3cccnc3)nc2n1. The van der Waals surface area contributed by atoms with Crippen molar-refractivity contribution in [2.45, 2.75) is 13.8 Å². The zero-order valence-corrected chi connectivity index (χ0v) is 19.2. The maximum absolute atomic E-state index is 12.6. The Morgan fingerprint density at radius 2 is 1.76 bits per heavy atom. The molecular formula is C25H20ClN7O. The predicted octanol–water partition coefficient (Wildman–Crippen LogP) is 5.45. The monoisotopic (exact) mass is 469 g/mol. The Kier molecular flexibility index (Phi) is 5.65. The maximum atomic E-state index is 12.6. The van der Waals surface area contributed by atoms with Gasteiger partial charge < -0.3 is 10.6 Å². The smallest absolute Gasteiger partial charge is 0.255 e. The van der Waals surface area contributed by atoms with Crippen LogP contribution in [0.5, 0.6) is 0 Å². The lowest BCUT2D eigenvalue weighted by atomic mass is 10.1. The normalized spacial score (nSPS) is 10.9. The number of pyridine rings is 1. The largest absolute Gasteiger partial charge is 0.340 e. The third kappa shape index (κ3) is 4.44. The molecule has 0 unspecified atom stereocenters. The molecule has 5 aromatic rings. The summed E-state index contributed by atoms with van der Waals surface area (Å²) >= 11 is 6.15. The summed E-state index contributed by atoms with van der Waals surface area (Å²) < 4.78 is 1.65. The zero-order valence-electron chi connectivity index (χ0n) is 18.5. The van der Waals surface area contributed by atoms with E-state index >= 15 is 0 Å². The van der Waals surface area contributed by atoms with Crippen molar-refractivity contribution in [2.24, 2.45) is 0 Å². The second-order valence-corrected chi connectivity index (χ2v) is 8.20. The zero-order chi connectivity index (χ0) is 23.7. The molecule has 0 fully saturated rings. The van der Waals surface area contributed by atoms with Gasteiger partial charge in [0.25, 0.3) is 11.7 Å². The summed E-state index contributed by atoms with van der Waals surface area (Å²) in [5.74, 6) is 1.51. The topological polar surface area (TPSA) is 97.1 Å². The van der Waals surface area contributed by atoms with Crippen LogP contribution in [0, 0.1) is 13.8 Å². The third-order valence-corrected chi connectivity index (χ3v) is 5.62. The summed E-state index contributed by atoms with van der Waals surface area (Å²) in [6, 6.07) is 18.2. The van der Waals surface area contributed by atoms with Crippen LogP contribution in [0.25, 0.3) is 17.2 Å².